The molecule has 0 aliphatic heterocycles. The van der Waals surface area contributed by atoms with Crippen molar-refractivity contribution in [1.82, 2.24) is 15.2 Å². The monoisotopic (exact) mass is 568 g/mol. The van der Waals surface area contributed by atoms with E-state index in [1.807, 2.05) is 79.7 Å². The first-order valence-corrected chi connectivity index (χ1v) is 12.3. The van der Waals surface area contributed by atoms with Crippen molar-refractivity contribution in [3.8, 4) is 22.5 Å². The molecule has 0 unspecified atom stereocenters. The van der Waals surface area contributed by atoms with E-state index in [0.29, 0.717) is 10.9 Å². The van der Waals surface area contributed by atoms with Crippen LogP contribution in [0.5, 0.6) is 0 Å². The average molecular weight is 570 g/mol. The molecule has 0 aliphatic rings. The van der Waals surface area contributed by atoms with E-state index in [-0.39, 0.29) is 11.7 Å². The van der Waals surface area contributed by atoms with Gasteiger partial charge in [0.25, 0.3) is 0 Å². The fourth-order valence-corrected chi connectivity index (χ4v) is 4.15. The Morgan fingerprint density at radius 1 is 0.875 bits per heavy atom. The second-order valence-corrected chi connectivity index (χ2v) is 9.79. The summed E-state index contributed by atoms with van der Waals surface area (Å²) in [4.78, 5) is 17.1. The number of carbonyl (C=O) groups excluding carboxylic acids is 1. The van der Waals surface area contributed by atoms with Crippen molar-refractivity contribution in [1.29, 1.82) is 0 Å². The summed E-state index contributed by atoms with van der Waals surface area (Å²) in [6.07, 6.45) is 0. The summed E-state index contributed by atoms with van der Waals surface area (Å²) in [6, 6.07) is 23.4. The lowest BCUT2D eigenvalue weighted by atomic mass is 10.0. The first kappa shape index (κ1) is 22.6. The van der Waals surface area contributed by atoms with Gasteiger partial charge >= 0.3 is 0 Å². The molecule has 3 aromatic carbocycles. The minimum atomic E-state index is -0.119. The lowest BCUT2D eigenvalue weighted by molar-refractivity contribution is -0.113. The van der Waals surface area contributed by atoms with Gasteiger partial charge in [0.05, 0.1) is 5.75 Å². The van der Waals surface area contributed by atoms with Crippen LogP contribution in [0.25, 0.3) is 22.5 Å². The third kappa shape index (κ3) is 5.82. The van der Waals surface area contributed by atoms with Gasteiger partial charge < -0.3 is 5.32 Å². The van der Waals surface area contributed by atoms with Crippen molar-refractivity contribution in [3.05, 3.63) is 87.3 Å². The second kappa shape index (κ2) is 10.4. The molecular weight excluding hydrogens is 552 g/mol. The quantitative estimate of drug-likeness (QED) is 0.259. The van der Waals surface area contributed by atoms with Gasteiger partial charge in [-0.1, -0.05) is 80.0 Å². The van der Waals surface area contributed by atoms with Crippen molar-refractivity contribution >= 4 is 55.2 Å². The van der Waals surface area contributed by atoms with Gasteiger partial charge in [-0.15, -0.1) is 10.2 Å². The topological polar surface area (TPSA) is 67.8 Å². The molecule has 0 aliphatic carbocycles. The molecule has 0 saturated carbocycles. The molecule has 5 nitrogen and oxygen atoms in total. The summed E-state index contributed by atoms with van der Waals surface area (Å²) < 4.78 is 1.97. The molecule has 0 radical (unpaired) electrons. The number of aromatic nitrogens is 3. The highest BCUT2D eigenvalue weighted by molar-refractivity contribution is 9.10. The van der Waals surface area contributed by atoms with Crippen LogP contribution in [-0.4, -0.2) is 26.8 Å². The van der Waals surface area contributed by atoms with Crippen LogP contribution in [0.2, 0.25) is 0 Å². The first-order chi connectivity index (χ1) is 15.5. The van der Waals surface area contributed by atoms with Gasteiger partial charge in [-0.3, -0.25) is 4.79 Å². The molecule has 0 saturated heterocycles. The van der Waals surface area contributed by atoms with Crippen LogP contribution in [0.3, 0.4) is 0 Å². The van der Waals surface area contributed by atoms with Crippen LogP contribution >= 0.6 is 43.6 Å². The van der Waals surface area contributed by atoms with Crippen molar-refractivity contribution in [2.45, 2.75) is 12.1 Å². The number of aryl methyl sites for hydroxylation is 1. The summed E-state index contributed by atoms with van der Waals surface area (Å²) in [5.74, 6) is 0.0684. The molecule has 0 bridgehead atoms. The fourth-order valence-electron chi connectivity index (χ4n) is 3.03. The highest BCUT2D eigenvalue weighted by atomic mass is 79.9. The Balaban J connectivity index is 1.58. The Bertz CT molecular complexity index is 1250. The number of amides is 1. The van der Waals surface area contributed by atoms with Gasteiger partial charge in [0.1, 0.15) is 11.4 Å². The number of halogens is 2. The summed E-state index contributed by atoms with van der Waals surface area (Å²) >= 11 is 8.20. The normalized spacial score (nSPS) is 10.7. The molecule has 4 rings (SSSR count). The molecule has 1 aromatic heterocycles. The fraction of sp³-hybridized carbons (Fsp3) is 0.0833. The van der Waals surface area contributed by atoms with Gasteiger partial charge in [0, 0.05) is 25.8 Å². The molecule has 4 aromatic rings. The van der Waals surface area contributed by atoms with Crippen LogP contribution < -0.4 is 5.32 Å². The highest BCUT2D eigenvalue weighted by Gasteiger charge is 2.15. The molecule has 1 N–H and O–H groups in total. The van der Waals surface area contributed by atoms with Gasteiger partial charge in [-0.25, -0.2) is 4.98 Å². The summed E-state index contributed by atoms with van der Waals surface area (Å²) in [7, 11) is 0. The third-order valence-corrected chi connectivity index (χ3v) is 6.43. The third-order valence-electron chi connectivity index (χ3n) is 4.54. The maximum atomic E-state index is 12.4. The number of anilines is 1. The van der Waals surface area contributed by atoms with E-state index in [4.69, 9.17) is 4.98 Å². The van der Waals surface area contributed by atoms with Gasteiger partial charge in [-0.2, -0.15) is 0 Å². The number of nitrogens with zero attached hydrogens (tertiary/aromatic N) is 3. The van der Waals surface area contributed by atoms with E-state index >= 15 is 0 Å². The van der Waals surface area contributed by atoms with Crippen molar-refractivity contribution in [2.24, 2.45) is 0 Å². The summed E-state index contributed by atoms with van der Waals surface area (Å²) in [5, 5.41) is 12.1. The standard InChI is InChI=1S/C24H18Br2N4OS/c1-15-3-2-4-20(13-15)27-21(31)14-32-24-28-22(16-5-9-18(25)10-6-16)23(29-30-24)17-7-11-19(26)12-8-17/h2-13H,14H2,1H3,(H,27,31). The van der Waals surface area contributed by atoms with Crippen LogP contribution in [0.15, 0.2) is 86.9 Å². The van der Waals surface area contributed by atoms with Crippen LogP contribution in [0, 0.1) is 6.92 Å². The Morgan fingerprint density at radius 3 is 2.12 bits per heavy atom. The number of carbonyl (C=O) groups is 1. The SMILES string of the molecule is Cc1cccc(NC(=O)CSc2nnc(-c3ccc(Br)cc3)c(-c3ccc(Br)cc3)n2)c1. The Hall–Kier alpha value is -2.55. The molecule has 1 heterocycles. The van der Waals surface area contributed by atoms with Gasteiger partial charge in [-0.05, 0) is 48.9 Å². The molecule has 1 amide bonds. The molecule has 8 heteroatoms. The number of hydrogen-bond donors (Lipinski definition) is 1. The smallest absolute Gasteiger partial charge is 0.234 e. The molecule has 0 fully saturated rings. The maximum absolute atomic E-state index is 12.4. The lowest BCUT2D eigenvalue weighted by Crippen LogP contribution is -2.14. The Morgan fingerprint density at radius 2 is 1.50 bits per heavy atom. The maximum Gasteiger partial charge on any atom is 0.234 e. The number of hydrogen-bond acceptors (Lipinski definition) is 5. The van der Waals surface area contributed by atoms with E-state index in [1.165, 1.54) is 11.8 Å². The molecule has 160 valence electrons. The minimum Gasteiger partial charge on any atom is -0.325 e. The van der Waals surface area contributed by atoms with Crippen LogP contribution in [0.4, 0.5) is 5.69 Å². The molecular formula is C24H18Br2N4OS. The van der Waals surface area contributed by atoms with E-state index in [0.717, 1.165) is 37.0 Å². The predicted octanol–water partition coefficient (Wildman–Crippen LogP) is 6.77. The molecule has 0 spiro atoms. The summed E-state index contributed by atoms with van der Waals surface area (Å²) in [6.45, 7) is 1.99. The van der Waals surface area contributed by atoms with E-state index in [2.05, 4.69) is 47.4 Å². The number of benzene rings is 3. The van der Waals surface area contributed by atoms with Gasteiger partial charge in [0.2, 0.25) is 11.1 Å². The van der Waals surface area contributed by atoms with E-state index in [9.17, 15) is 4.79 Å². The lowest BCUT2D eigenvalue weighted by Gasteiger charge is -2.10. The van der Waals surface area contributed by atoms with Gasteiger partial charge in [0.15, 0.2) is 0 Å². The minimum absolute atomic E-state index is 0.119. The number of nitrogens with one attached hydrogen (secondary N) is 1. The Kier molecular flexibility index (Phi) is 7.34. The van der Waals surface area contributed by atoms with E-state index < -0.39 is 0 Å². The first-order valence-electron chi connectivity index (χ1n) is 9.74. The zero-order chi connectivity index (χ0) is 22.5. The van der Waals surface area contributed by atoms with Crippen molar-refractivity contribution in [2.75, 3.05) is 11.1 Å². The second-order valence-electron chi connectivity index (χ2n) is 7.01. The highest BCUT2D eigenvalue weighted by Crippen LogP contribution is 2.31. The Labute approximate surface area is 207 Å². The average Bonchev–Trinajstić information content (AvgIpc) is 2.79. The largest absolute Gasteiger partial charge is 0.325 e. The molecule has 0 atom stereocenters. The van der Waals surface area contributed by atoms with E-state index in [1.54, 1.807) is 0 Å². The predicted molar refractivity (Wildman–Crippen MR) is 137 cm³/mol. The molecule has 32 heavy (non-hydrogen) atoms. The zero-order valence-electron chi connectivity index (χ0n) is 17.0. The van der Waals surface area contributed by atoms with Crippen molar-refractivity contribution in [3.63, 3.8) is 0 Å². The number of thioether (sulfide) groups is 1. The van der Waals surface area contributed by atoms with Crippen molar-refractivity contribution < 1.29 is 4.79 Å². The zero-order valence-corrected chi connectivity index (χ0v) is 21.0. The van der Waals surface area contributed by atoms with Crippen LogP contribution in [-0.2, 0) is 4.79 Å². The number of rotatable bonds is 6. The summed E-state index contributed by atoms with van der Waals surface area (Å²) in [5.41, 5.74) is 5.11. The van der Waals surface area contributed by atoms with Crippen LogP contribution in [0.1, 0.15) is 5.56 Å².